The van der Waals surface area contributed by atoms with Crippen LogP contribution in [0.25, 0.3) is 11.4 Å². The molecule has 2 aromatic heterocycles. The molecule has 1 aromatic carbocycles. The van der Waals surface area contributed by atoms with Crippen molar-refractivity contribution in [2.75, 3.05) is 7.11 Å². The van der Waals surface area contributed by atoms with Crippen LogP contribution in [0.2, 0.25) is 0 Å². The Balaban J connectivity index is 1.74. The lowest BCUT2D eigenvalue weighted by atomic mass is 10.1. The highest BCUT2D eigenvalue weighted by Crippen LogP contribution is 2.27. The standard InChI is InChI=1S/C18H19N3O3S/c1-11-5-7-13(8-6-11)16-19-20-18(21(16)3)25-10-14-9-15(12(2)24-14)17(22)23-4/h5-9H,10H2,1-4H3. The van der Waals surface area contributed by atoms with Gasteiger partial charge in [-0.3, -0.25) is 0 Å². The first-order chi connectivity index (χ1) is 12.0. The molecule has 7 heteroatoms. The van der Waals surface area contributed by atoms with Crippen molar-refractivity contribution >= 4 is 17.7 Å². The average Bonchev–Trinajstić information content (AvgIpc) is 3.16. The van der Waals surface area contributed by atoms with E-state index >= 15 is 0 Å². The molecule has 0 amide bonds. The minimum absolute atomic E-state index is 0.391. The van der Waals surface area contributed by atoms with Crippen LogP contribution in [-0.2, 0) is 17.5 Å². The summed E-state index contributed by atoms with van der Waals surface area (Å²) in [6, 6.07) is 9.89. The van der Waals surface area contributed by atoms with Crippen molar-refractivity contribution < 1.29 is 13.9 Å². The van der Waals surface area contributed by atoms with Crippen molar-refractivity contribution in [3.8, 4) is 11.4 Å². The summed E-state index contributed by atoms with van der Waals surface area (Å²) < 4.78 is 12.3. The first kappa shape index (κ1) is 17.3. The summed E-state index contributed by atoms with van der Waals surface area (Å²) in [4.78, 5) is 11.6. The van der Waals surface area contributed by atoms with E-state index in [0.29, 0.717) is 22.8 Å². The molecule has 0 fully saturated rings. The summed E-state index contributed by atoms with van der Waals surface area (Å²) in [5.41, 5.74) is 2.68. The lowest BCUT2D eigenvalue weighted by molar-refractivity contribution is 0.0599. The van der Waals surface area contributed by atoms with Crippen LogP contribution >= 0.6 is 11.8 Å². The minimum atomic E-state index is -0.391. The van der Waals surface area contributed by atoms with Gasteiger partial charge in [-0.05, 0) is 19.9 Å². The monoisotopic (exact) mass is 357 g/mol. The number of furan rings is 1. The second kappa shape index (κ2) is 7.14. The molecular weight excluding hydrogens is 338 g/mol. The van der Waals surface area contributed by atoms with Crippen LogP contribution in [0.1, 0.15) is 27.4 Å². The fourth-order valence-electron chi connectivity index (χ4n) is 2.46. The molecule has 2 heterocycles. The van der Waals surface area contributed by atoms with Gasteiger partial charge in [-0.25, -0.2) is 4.79 Å². The van der Waals surface area contributed by atoms with Gasteiger partial charge in [0.1, 0.15) is 17.1 Å². The van der Waals surface area contributed by atoms with Gasteiger partial charge in [-0.15, -0.1) is 10.2 Å². The molecule has 0 aliphatic heterocycles. The highest BCUT2D eigenvalue weighted by atomic mass is 32.2. The van der Waals surface area contributed by atoms with Gasteiger partial charge in [-0.1, -0.05) is 41.6 Å². The molecule has 0 unspecified atom stereocenters. The van der Waals surface area contributed by atoms with Crippen molar-refractivity contribution in [1.29, 1.82) is 0 Å². The van der Waals surface area contributed by atoms with E-state index < -0.39 is 5.97 Å². The lowest BCUT2D eigenvalue weighted by Crippen LogP contribution is -2.00. The zero-order chi connectivity index (χ0) is 18.0. The fraction of sp³-hybridized carbons (Fsp3) is 0.278. The smallest absolute Gasteiger partial charge is 0.341 e. The molecule has 3 rings (SSSR count). The Morgan fingerprint density at radius 2 is 1.96 bits per heavy atom. The number of methoxy groups -OCH3 is 1. The van der Waals surface area contributed by atoms with Crippen molar-refractivity contribution in [2.45, 2.75) is 24.8 Å². The van der Waals surface area contributed by atoms with Gasteiger partial charge in [0, 0.05) is 12.6 Å². The van der Waals surface area contributed by atoms with Gasteiger partial charge in [-0.2, -0.15) is 0 Å². The van der Waals surface area contributed by atoms with Gasteiger partial charge in [0.25, 0.3) is 0 Å². The molecule has 0 atom stereocenters. The number of rotatable bonds is 5. The Morgan fingerprint density at radius 1 is 1.24 bits per heavy atom. The van der Waals surface area contributed by atoms with E-state index in [2.05, 4.69) is 29.3 Å². The zero-order valence-corrected chi connectivity index (χ0v) is 15.4. The number of hydrogen-bond donors (Lipinski definition) is 0. The molecule has 0 bridgehead atoms. The topological polar surface area (TPSA) is 70.2 Å². The molecule has 3 aromatic rings. The third-order valence-electron chi connectivity index (χ3n) is 3.86. The molecule has 0 aliphatic rings. The van der Waals surface area contributed by atoms with E-state index in [1.807, 2.05) is 23.7 Å². The van der Waals surface area contributed by atoms with Crippen molar-refractivity contribution in [3.05, 3.63) is 53.0 Å². The first-order valence-corrected chi connectivity index (χ1v) is 8.75. The van der Waals surface area contributed by atoms with Gasteiger partial charge in [0.2, 0.25) is 0 Å². The third-order valence-corrected chi connectivity index (χ3v) is 4.90. The second-order valence-corrected chi connectivity index (χ2v) is 6.64. The molecule has 0 spiro atoms. The number of aromatic nitrogens is 3. The van der Waals surface area contributed by atoms with Gasteiger partial charge >= 0.3 is 5.97 Å². The van der Waals surface area contributed by atoms with Crippen LogP contribution in [0.5, 0.6) is 0 Å². The summed E-state index contributed by atoms with van der Waals surface area (Å²) >= 11 is 1.50. The normalized spacial score (nSPS) is 10.9. The predicted molar refractivity (Wildman–Crippen MR) is 95.5 cm³/mol. The number of carbonyl (C=O) groups excluding carboxylic acids is 1. The largest absolute Gasteiger partial charge is 0.465 e. The Bertz CT molecular complexity index is 897. The highest BCUT2D eigenvalue weighted by Gasteiger charge is 2.17. The van der Waals surface area contributed by atoms with Crippen LogP contribution in [0.4, 0.5) is 0 Å². The number of nitrogens with zero attached hydrogens (tertiary/aromatic N) is 3. The average molecular weight is 357 g/mol. The maximum absolute atomic E-state index is 11.6. The molecule has 130 valence electrons. The SMILES string of the molecule is COC(=O)c1cc(CSc2nnc(-c3ccc(C)cc3)n2C)oc1C. The van der Waals surface area contributed by atoms with Crippen molar-refractivity contribution in [2.24, 2.45) is 7.05 Å². The lowest BCUT2D eigenvalue weighted by Gasteiger charge is -2.03. The van der Waals surface area contributed by atoms with Crippen LogP contribution < -0.4 is 0 Å². The number of aryl methyl sites for hydroxylation is 2. The Morgan fingerprint density at radius 3 is 2.64 bits per heavy atom. The quantitative estimate of drug-likeness (QED) is 0.511. The Labute approximate surface area is 150 Å². The van der Waals surface area contributed by atoms with Gasteiger partial charge < -0.3 is 13.7 Å². The number of thioether (sulfide) groups is 1. The fourth-order valence-corrected chi connectivity index (χ4v) is 3.25. The summed E-state index contributed by atoms with van der Waals surface area (Å²) in [7, 11) is 3.29. The molecule has 0 N–H and O–H groups in total. The van der Waals surface area contributed by atoms with Crippen molar-refractivity contribution in [3.63, 3.8) is 0 Å². The maximum atomic E-state index is 11.6. The summed E-state index contributed by atoms with van der Waals surface area (Å²) in [5, 5.41) is 9.31. The van der Waals surface area contributed by atoms with E-state index in [4.69, 9.17) is 9.15 Å². The van der Waals surface area contributed by atoms with Crippen LogP contribution in [0, 0.1) is 13.8 Å². The molecule has 25 heavy (non-hydrogen) atoms. The Hall–Kier alpha value is -2.54. The molecular formula is C18H19N3O3S. The van der Waals surface area contributed by atoms with Crippen molar-refractivity contribution in [1.82, 2.24) is 14.8 Å². The molecule has 0 saturated carbocycles. The number of carbonyl (C=O) groups is 1. The second-order valence-electron chi connectivity index (χ2n) is 5.69. The van der Waals surface area contributed by atoms with E-state index in [1.54, 1.807) is 13.0 Å². The van der Waals surface area contributed by atoms with Crippen LogP contribution in [0.3, 0.4) is 0 Å². The van der Waals surface area contributed by atoms with Gasteiger partial charge in [0.05, 0.1) is 12.9 Å². The third kappa shape index (κ3) is 3.61. The van der Waals surface area contributed by atoms with Crippen LogP contribution in [-0.4, -0.2) is 27.8 Å². The van der Waals surface area contributed by atoms with E-state index in [1.165, 1.54) is 24.4 Å². The summed E-state index contributed by atoms with van der Waals surface area (Å²) in [6.45, 7) is 3.80. The molecule has 0 aliphatic carbocycles. The number of hydrogen-bond acceptors (Lipinski definition) is 6. The molecule has 0 radical (unpaired) electrons. The first-order valence-electron chi connectivity index (χ1n) is 7.76. The Kier molecular flexibility index (Phi) is 4.94. The summed E-state index contributed by atoms with van der Waals surface area (Å²) in [6.07, 6.45) is 0. The number of benzene rings is 1. The number of esters is 1. The minimum Gasteiger partial charge on any atom is -0.465 e. The van der Waals surface area contributed by atoms with E-state index in [-0.39, 0.29) is 0 Å². The van der Waals surface area contributed by atoms with E-state index in [9.17, 15) is 4.79 Å². The highest BCUT2D eigenvalue weighted by molar-refractivity contribution is 7.98. The molecule has 6 nitrogen and oxygen atoms in total. The van der Waals surface area contributed by atoms with E-state index in [0.717, 1.165) is 16.5 Å². The molecule has 0 saturated heterocycles. The zero-order valence-electron chi connectivity index (χ0n) is 14.6. The summed E-state index contributed by atoms with van der Waals surface area (Å²) in [5.74, 6) is 2.23. The predicted octanol–water partition coefficient (Wildman–Crippen LogP) is 3.77. The maximum Gasteiger partial charge on any atom is 0.341 e. The van der Waals surface area contributed by atoms with Gasteiger partial charge in [0.15, 0.2) is 11.0 Å². The van der Waals surface area contributed by atoms with Crippen LogP contribution in [0.15, 0.2) is 39.9 Å². The number of ether oxygens (including phenoxy) is 1.